The molecule has 0 spiro atoms. The summed E-state index contributed by atoms with van der Waals surface area (Å²) in [5, 5.41) is 12.9. The number of carboxylic acid groups (broad SMARTS) is 1. The normalized spacial score (nSPS) is 31.6. The highest BCUT2D eigenvalue weighted by molar-refractivity contribution is 5.69. The Morgan fingerprint density at radius 2 is 1.78 bits per heavy atom. The Morgan fingerprint density at radius 1 is 1.06 bits per heavy atom. The summed E-state index contributed by atoms with van der Waals surface area (Å²) < 4.78 is 0. The maximum Gasteiger partial charge on any atom is 0.309 e. The Bertz CT molecular complexity index is 263. The van der Waals surface area contributed by atoms with E-state index in [4.69, 9.17) is 5.11 Å². The third-order valence-corrected chi connectivity index (χ3v) is 4.45. The maximum absolute atomic E-state index is 10.5. The van der Waals surface area contributed by atoms with Crippen molar-refractivity contribution >= 4 is 5.97 Å². The van der Waals surface area contributed by atoms with Gasteiger partial charge in [0.25, 0.3) is 0 Å². The van der Waals surface area contributed by atoms with Crippen LogP contribution in [0.5, 0.6) is 0 Å². The summed E-state index contributed by atoms with van der Waals surface area (Å²) in [5.74, 6) is -0.642. The summed E-state index contributed by atoms with van der Waals surface area (Å²) >= 11 is 0. The van der Waals surface area contributed by atoms with E-state index in [-0.39, 0.29) is 5.54 Å². The van der Waals surface area contributed by atoms with Crippen LogP contribution in [0.15, 0.2) is 0 Å². The molecule has 0 bridgehead atoms. The smallest absolute Gasteiger partial charge is 0.309 e. The van der Waals surface area contributed by atoms with Gasteiger partial charge in [0.2, 0.25) is 0 Å². The molecule has 0 aromatic heterocycles. The van der Waals surface area contributed by atoms with Crippen molar-refractivity contribution < 1.29 is 9.90 Å². The fourth-order valence-electron chi connectivity index (χ4n) is 3.30. The zero-order chi connectivity index (χ0) is 12.8. The Labute approximate surface area is 110 Å². The summed E-state index contributed by atoms with van der Waals surface area (Å²) in [4.78, 5) is 12.8. The predicted octanol–water partition coefficient (Wildman–Crippen LogP) is 1.70. The van der Waals surface area contributed by atoms with Crippen molar-refractivity contribution in [3.05, 3.63) is 0 Å². The van der Waals surface area contributed by atoms with E-state index in [0.717, 1.165) is 39.0 Å². The number of rotatable bonds is 2. The highest BCUT2D eigenvalue weighted by Crippen LogP contribution is 2.40. The van der Waals surface area contributed by atoms with Gasteiger partial charge in [0, 0.05) is 25.9 Å². The van der Waals surface area contributed by atoms with Gasteiger partial charge in [0.1, 0.15) is 19.5 Å². The second-order valence-electron chi connectivity index (χ2n) is 5.72. The molecule has 4 heteroatoms. The zero-order valence-electron chi connectivity index (χ0n) is 11.2. The SMILES string of the molecule is C1CCC[N]CC1.O=C(O)CC12CCC[N+]1CC2. The fraction of sp³-hybridized carbons (Fsp3) is 0.929. The summed E-state index contributed by atoms with van der Waals surface area (Å²) in [6.07, 6.45) is 9.21. The molecule has 3 rings (SSSR count). The molecule has 18 heavy (non-hydrogen) atoms. The molecule has 1 N–H and O–H groups in total. The Morgan fingerprint density at radius 3 is 2.28 bits per heavy atom. The van der Waals surface area contributed by atoms with Crippen LogP contribution in [-0.4, -0.2) is 42.8 Å². The minimum atomic E-state index is -0.642. The van der Waals surface area contributed by atoms with Gasteiger partial charge in [-0.25, -0.2) is 5.32 Å². The average molecular weight is 253 g/mol. The average Bonchev–Trinajstić information content (AvgIpc) is 2.58. The molecule has 3 aliphatic heterocycles. The summed E-state index contributed by atoms with van der Waals surface area (Å²) in [5.41, 5.74) is 0.0891. The molecule has 0 aromatic carbocycles. The fourth-order valence-corrected chi connectivity index (χ4v) is 3.30. The predicted molar refractivity (Wildman–Crippen MR) is 71.0 cm³/mol. The Balaban J connectivity index is 0.000000149. The first-order valence-corrected chi connectivity index (χ1v) is 7.33. The Hall–Kier alpha value is -0.610. The molecule has 0 saturated carbocycles. The standard InChI is InChI=1S/C8H13NO2.C6H12N/c10-7(11)6-8-2-1-4-9(8)5-3-8;1-2-4-6-7-5-3-1/h1-6H2,(H,10,11);1-6H2/q+1;. The van der Waals surface area contributed by atoms with Crippen LogP contribution >= 0.6 is 0 Å². The quantitative estimate of drug-likeness (QED) is 0.762. The maximum atomic E-state index is 10.5. The molecule has 0 aromatic rings. The lowest BCUT2D eigenvalue weighted by Gasteiger charge is -2.36. The molecule has 0 aliphatic carbocycles. The minimum absolute atomic E-state index is 0.0891. The number of hydrogen-bond donors (Lipinski definition) is 1. The molecule has 3 heterocycles. The van der Waals surface area contributed by atoms with E-state index >= 15 is 0 Å². The van der Waals surface area contributed by atoms with Crippen LogP contribution in [0.1, 0.15) is 51.4 Å². The number of fused-ring (bicyclic) bond motifs is 1. The van der Waals surface area contributed by atoms with Crippen molar-refractivity contribution in [1.29, 1.82) is 0 Å². The molecule has 0 amide bonds. The van der Waals surface area contributed by atoms with Crippen LogP contribution in [0, 0.1) is 0 Å². The van der Waals surface area contributed by atoms with Gasteiger partial charge in [-0.1, -0.05) is 12.8 Å². The molecule has 3 fully saturated rings. The summed E-state index contributed by atoms with van der Waals surface area (Å²) in [6, 6.07) is 0. The van der Waals surface area contributed by atoms with Crippen molar-refractivity contribution in [3.8, 4) is 0 Å². The van der Waals surface area contributed by atoms with Crippen molar-refractivity contribution in [2.45, 2.75) is 56.9 Å². The van der Waals surface area contributed by atoms with E-state index < -0.39 is 5.97 Å². The van der Waals surface area contributed by atoms with E-state index in [1.165, 1.54) is 32.1 Å². The first-order chi connectivity index (χ1) is 8.73. The van der Waals surface area contributed by atoms with Gasteiger partial charge in [0.05, 0.1) is 6.42 Å². The van der Waals surface area contributed by atoms with Gasteiger partial charge in [0.15, 0.2) is 5.54 Å². The van der Waals surface area contributed by atoms with Crippen molar-refractivity contribution in [3.63, 3.8) is 0 Å². The van der Waals surface area contributed by atoms with Gasteiger partial charge >= 0.3 is 5.97 Å². The molecule has 3 aliphatic rings. The molecule has 1 unspecified atom stereocenters. The first-order valence-electron chi connectivity index (χ1n) is 7.33. The van der Waals surface area contributed by atoms with E-state index in [2.05, 4.69) is 10.2 Å². The number of hydrogen-bond acceptors (Lipinski definition) is 2. The second-order valence-corrected chi connectivity index (χ2v) is 5.72. The third kappa shape index (κ3) is 3.45. The number of carbonyl (C=O) groups is 1. The third-order valence-electron chi connectivity index (χ3n) is 4.45. The van der Waals surface area contributed by atoms with Gasteiger partial charge in [-0.2, -0.15) is 4.90 Å². The number of aliphatic carboxylic acids is 1. The molecule has 2 radical (unpaired) electrons. The lowest BCUT2D eigenvalue weighted by molar-refractivity contribution is -0.140. The zero-order valence-corrected chi connectivity index (χ0v) is 11.2. The number of nitrogens with zero attached hydrogens (tertiary/aromatic N) is 2. The molecule has 1 atom stereocenters. The topological polar surface area (TPSA) is 57.3 Å². The van der Waals surface area contributed by atoms with Crippen molar-refractivity contribution in [2.75, 3.05) is 26.2 Å². The highest BCUT2D eigenvalue weighted by Gasteiger charge is 2.58. The van der Waals surface area contributed by atoms with E-state index in [9.17, 15) is 4.79 Å². The van der Waals surface area contributed by atoms with E-state index in [1.54, 1.807) is 0 Å². The first kappa shape index (κ1) is 13.8. The lowest BCUT2D eigenvalue weighted by atomic mass is 9.82. The molecule has 3 saturated heterocycles. The van der Waals surface area contributed by atoms with Crippen LogP contribution < -0.4 is 10.2 Å². The lowest BCUT2D eigenvalue weighted by Crippen LogP contribution is -2.60. The summed E-state index contributed by atoms with van der Waals surface area (Å²) in [7, 11) is 0. The van der Waals surface area contributed by atoms with Crippen LogP contribution in [-0.2, 0) is 4.79 Å². The second kappa shape index (κ2) is 6.53. The van der Waals surface area contributed by atoms with E-state index in [0.29, 0.717) is 6.42 Å². The van der Waals surface area contributed by atoms with Gasteiger partial charge in [-0.15, -0.1) is 0 Å². The highest BCUT2D eigenvalue weighted by atomic mass is 16.4. The molecular weight excluding hydrogens is 228 g/mol. The number of carboxylic acids is 1. The summed E-state index contributed by atoms with van der Waals surface area (Å²) in [6.45, 7) is 4.49. The molecular formula is C14H25N2O2+. The van der Waals surface area contributed by atoms with Crippen LogP contribution in [0.4, 0.5) is 0 Å². The molecule has 4 nitrogen and oxygen atoms in total. The van der Waals surface area contributed by atoms with Gasteiger partial charge < -0.3 is 5.11 Å². The minimum Gasteiger partial charge on any atom is -0.481 e. The van der Waals surface area contributed by atoms with Crippen LogP contribution in [0.25, 0.3) is 0 Å². The largest absolute Gasteiger partial charge is 0.481 e. The van der Waals surface area contributed by atoms with E-state index in [1.807, 2.05) is 0 Å². The van der Waals surface area contributed by atoms with Crippen molar-refractivity contribution in [1.82, 2.24) is 10.2 Å². The Kier molecular flexibility index (Phi) is 5.01. The molecule has 102 valence electrons. The van der Waals surface area contributed by atoms with Crippen LogP contribution in [0.3, 0.4) is 0 Å². The van der Waals surface area contributed by atoms with Crippen molar-refractivity contribution in [2.24, 2.45) is 0 Å². The monoisotopic (exact) mass is 253 g/mol. The van der Waals surface area contributed by atoms with Gasteiger partial charge in [-0.3, -0.25) is 4.79 Å². The van der Waals surface area contributed by atoms with Gasteiger partial charge in [-0.05, 0) is 12.8 Å². The van der Waals surface area contributed by atoms with Crippen LogP contribution in [0.2, 0.25) is 0 Å².